The molecule has 2 aromatic carbocycles. The minimum Gasteiger partial charge on any atom is -0.422 e. The molecule has 0 unspecified atom stereocenters. The van der Waals surface area contributed by atoms with Crippen LogP contribution in [0.3, 0.4) is 0 Å². The number of rotatable bonds is 3. The number of hydrogen-bond donors (Lipinski definition) is 0. The number of hydrogen-bond acceptors (Lipinski definition) is 8. The molecule has 0 radical (unpaired) electrons. The molecule has 1 aromatic heterocycles. The maximum absolute atomic E-state index is 12.9. The van der Waals surface area contributed by atoms with Gasteiger partial charge < -0.3 is 14.1 Å². The Labute approximate surface area is 203 Å². The number of carbonyl (C=O) groups is 1. The van der Waals surface area contributed by atoms with Gasteiger partial charge in [-0.1, -0.05) is 11.6 Å². The number of nitro groups is 1. The average molecular weight is 492 g/mol. The summed E-state index contributed by atoms with van der Waals surface area (Å²) >= 11 is 5.86. The van der Waals surface area contributed by atoms with Crippen LogP contribution in [0.2, 0.25) is 5.02 Å². The summed E-state index contributed by atoms with van der Waals surface area (Å²) in [4.78, 5) is 42.4. The van der Waals surface area contributed by atoms with Crippen LogP contribution in [0.25, 0.3) is 17.0 Å². The number of cyclic esters (lactones) is 1. The summed E-state index contributed by atoms with van der Waals surface area (Å²) in [5.74, 6) is -0.877. The molecule has 4 heterocycles. The van der Waals surface area contributed by atoms with Gasteiger partial charge in [-0.3, -0.25) is 10.1 Å². The second-order valence-corrected chi connectivity index (χ2v) is 9.13. The van der Waals surface area contributed by atoms with Crippen molar-refractivity contribution in [2.24, 2.45) is 4.99 Å². The first-order chi connectivity index (χ1) is 16.9. The van der Waals surface area contributed by atoms with Gasteiger partial charge in [0.15, 0.2) is 5.70 Å². The van der Waals surface area contributed by atoms with Crippen LogP contribution in [-0.4, -0.2) is 29.9 Å². The third kappa shape index (κ3) is 3.59. The number of aryl methyl sites for hydroxylation is 2. The number of nitrogens with zero attached hydrogens (tertiary/aromatic N) is 3. The summed E-state index contributed by atoms with van der Waals surface area (Å²) in [5, 5.41) is 11.9. The molecule has 0 aliphatic carbocycles. The predicted octanol–water partition coefficient (Wildman–Crippen LogP) is 4.40. The minimum atomic E-state index is -0.770. The lowest BCUT2D eigenvalue weighted by atomic mass is 9.90. The third-order valence-electron chi connectivity index (χ3n) is 6.55. The third-order valence-corrected chi connectivity index (χ3v) is 6.86. The van der Waals surface area contributed by atoms with Crippen LogP contribution in [0.15, 0.2) is 50.2 Å². The van der Waals surface area contributed by atoms with E-state index in [-0.39, 0.29) is 33.4 Å². The first kappa shape index (κ1) is 21.5. The van der Waals surface area contributed by atoms with Crippen molar-refractivity contribution in [1.82, 2.24) is 0 Å². The topological polar surface area (TPSA) is 115 Å². The molecule has 9 nitrogen and oxygen atoms in total. The Morgan fingerprint density at radius 3 is 2.71 bits per heavy atom. The average Bonchev–Trinajstić information content (AvgIpc) is 3.20. The van der Waals surface area contributed by atoms with Gasteiger partial charge in [-0.25, -0.2) is 14.6 Å². The first-order valence-electron chi connectivity index (χ1n) is 11.2. The number of ether oxygens (including phenoxy) is 1. The standard InChI is InChI=1S/C25H18ClN3O6/c26-18-6-5-14(12-20(18)29(32)33)23-27-19(25(31)35-23)11-16-10-15-9-13-3-1-7-28-8-2-4-17(21(13)28)22(15)34-24(16)30/h5-6,9-12H,1-4,7-8H2/b19-11-. The highest BCUT2D eigenvalue weighted by Crippen LogP contribution is 2.40. The normalized spacial score (nSPS) is 18.0. The van der Waals surface area contributed by atoms with Crippen LogP contribution < -0.4 is 10.5 Å². The van der Waals surface area contributed by atoms with E-state index in [2.05, 4.69) is 16.0 Å². The Hall–Kier alpha value is -3.98. The molecule has 0 atom stereocenters. The summed E-state index contributed by atoms with van der Waals surface area (Å²) < 4.78 is 11.0. The molecule has 176 valence electrons. The molecule has 6 rings (SSSR count). The van der Waals surface area contributed by atoms with Crippen LogP contribution in [-0.2, 0) is 22.4 Å². The van der Waals surface area contributed by atoms with E-state index in [9.17, 15) is 19.7 Å². The van der Waals surface area contributed by atoms with E-state index in [1.807, 2.05) is 0 Å². The van der Waals surface area contributed by atoms with Gasteiger partial charge in [0.2, 0.25) is 5.90 Å². The van der Waals surface area contributed by atoms with E-state index >= 15 is 0 Å². The monoisotopic (exact) mass is 491 g/mol. The molecule has 0 fully saturated rings. The molecule has 3 aliphatic heterocycles. The number of halogens is 1. The highest BCUT2D eigenvalue weighted by atomic mass is 35.5. The quantitative estimate of drug-likeness (QED) is 0.175. The minimum absolute atomic E-state index is 0.0439. The number of fused-ring (bicyclic) bond motifs is 2. The molecule has 0 saturated carbocycles. The van der Waals surface area contributed by atoms with Gasteiger partial charge in [0.05, 0.1) is 10.5 Å². The van der Waals surface area contributed by atoms with E-state index in [0.29, 0.717) is 5.58 Å². The smallest absolute Gasteiger partial charge is 0.363 e. The molecule has 0 bridgehead atoms. The molecular formula is C25H18ClN3O6. The number of benzene rings is 2. The molecular weight excluding hydrogens is 474 g/mol. The molecule has 0 spiro atoms. The van der Waals surface area contributed by atoms with Crippen LogP contribution in [0.5, 0.6) is 0 Å². The number of anilines is 1. The number of esters is 1. The Balaban J connectivity index is 1.42. The van der Waals surface area contributed by atoms with Crippen molar-refractivity contribution in [1.29, 1.82) is 0 Å². The van der Waals surface area contributed by atoms with Gasteiger partial charge in [-0.05, 0) is 61.6 Å². The molecule has 3 aromatic rings. The fourth-order valence-electron chi connectivity index (χ4n) is 5.03. The fraction of sp³-hybridized carbons (Fsp3) is 0.240. The van der Waals surface area contributed by atoms with Crippen molar-refractivity contribution in [3.8, 4) is 0 Å². The second-order valence-electron chi connectivity index (χ2n) is 8.72. The van der Waals surface area contributed by atoms with Crippen LogP contribution in [0.1, 0.15) is 35.1 Å². The SMILES string of the molecule is O=C1OC(c2ccc(Cl)c([N+](=O)[O-])c2)=N/C1=C\c1cc2cc3c4c(c2oc1=O)CCCN4CCC3. The highest BCUT2D eigenvalue weighted by Gasteiger charge is 2.29. The van der Waals surface area contributed by atoms with E-state index in [4.69, 9.17) is 20.8 Å². The van der Waals surface area contributed by atoms with Gasteiger partial charge >= 0.3 is 11.6 Å². The van der Waals surface area contributed by atoms with Gasteiger partial charge in [0.25, 0.3) is 5.69 Å². The second kappa shape index (κ2) is 8.06. The molecule has 3 aliphatic rings. The van der Waals surface area contributed by atoms with Crippen LogP contribution in [0, 0.1) is 10.1 Å². The Morgan fingerprint density at radius 1 is 1.11 bits per heavy atom. The molecule has 0 amide bonds. The summed E-state index contributed by atoms with van der Waals surface area (Å²) in [7, 11) is 0. The Bertz CT molecular complexity index is 1570. The lowest BCUT2D eigenvalue weighted by molar-refractivity contribution is -0.384. The fourth-order valence-corrected chi connectivity index (χ4v) is 5.21. The summed E-state index contributed by atoms with van der Waals surface area (Å²) in [6.07, 6.45) is 5.23. The van der Waals surface area contributed by atoms with Gasteiger partial charge in [0, 0.05) is 41.4 Å². The zero-order chi connectivity index (χ0) is 24.3. The number of nitro benzene ring substituents is 1. The molecule has 0 N–H and O–H groups in total. The summed E-state index contributed by atoms with van der Waals surface area (Å²) in [5.41, 5.74) is 3.50. The van der Waals surface area contributed by atoms with Crippen molar-refractivity contribution in [2.45, 2.75) is 25.7 Å². The Morgan fingerprint density at radius 2 is 1.91 bits per heavy atom. The van der Waals surface area contributed by atoms with E-state index in [1.54, 1.807) is 6.07 Å². The van der Waals surface area contributed by atoms with Gasteiger partial charge in [-0.2, -0.15) is 0 Å². The maximum Gasteiger partial charge on any atom is 0.363 e. The van der Waals surface area contributed by atoms with Crippen LogP contribution >= 0.6 is 11.6 Å². The lowest BCUT2D eigenvalue weighted by Gasteiger charge is -2.37. The maximum atomic E-state index is 12.9. The van der Waals surface area contributed by atoms with E-state index in [1.165, 1.54) is 35.5 Å². The number of aliphatic imine (C=N–C) groups is 1. The van der Waals surface area contributed by atoms with Crippen molar-refractivity contribution >= 4 is 51.9 Å². The van der Waals surface area contributed by atoms with E-state index < -0.39 is 16.5 Å². The zero-order valence-corrected chi connectivity index (χ0v) is 19.1. The number of carbonyl (C=O) groups excluding carboxylic acids is 1. The summed E-state index contributed by atoms with van der Waals surface area (Å²) in [6.45, 7) is 2.03. The van der Waals surface area contributed by atoms with Crippen LogP contribution in [0.4, 0.5) is 11.4 Å². The predicted molar refractivity (Wildman–Crippen MR) is 130 cm³/mol. The van der Waals surface area contributed by atoms with Crippen molar-refractivity contribution in [2.75, 3.05) is 18.0 Å². The van der Waals surface area contributed by atoms with Gasteiger partial charge in [0.1, 0.15) is 10.6 Å². The molecule has 10 heteroatoms. The van der Waals surface area contributed by atoms with E-state index in [0.717, 1.165) is 49.7 Å². The van der Waals surface area contributed by atoms with Crippen molar-refractivity contribution in [3.63, 3.8) is 0 Å². The lowest BCUT2D eigenvalue weighted by Crippen LogP contribution is -2.34. The summed E-state index contributed by atoms with van der Waals surface area (Å²) in [6, 6.07) is 7.75. The zero-order valence-electron chi connectivity index (χ0n) is 18.4. The first-order valence-corrected chi connectivity index (χ1v) is 11.6. The largest absolute Gasteiger partial charge is 0.422 e. The highest BCUT2D eigenvalue weighted by molar-refractivity contribution is 6.32. The Kier molecular flexibility index (Phi) is 4.96. The van der Waals surface area contributed by atoms with Gasteiger partial charge in [-0.15, -0.1) is 0 Å². The van der Waals surface area contributed by atoms with Crippen molar-refractivity contribution in [3.05, 3.63) is 83.8 Å². The van der Waals surface area contributed by atoms with Crippen molar-refractivity contribution < 1.29 is 18.9 Å². The molecule has 0 saturated heterocycles. The molecule has 35 heavy (non-hydrogen) atoms.